The molecule has 4 heterocycles. The smallest absolute Gasteiger partial charge is 0.312 e. The Bertz CT molecular complexity index is 1120. The molecule has 134 valence electrons. The number of amides is 4. The number of hydrogen-bond donors (Lipinski definition) is 2. The second kappa shape index (κ2) is 5.13. The van der Waals surface area contributed by atoms with Crippen molar-refractivity contribution < 1.29 is 18.8 Å². The minimum Gasteiger partial charge on any atom is -0.312 e. The van der Waals surface area contributed by atoms with Gasteiger partial charge in [-0.15, -0.1) is 0 Å². The largest absolute Gasteiger partial charge is 0.323 e. The van der Waals surface area contributed by atoms with Gasteiger partial charge in [0, 0.05) is 18.0 Å². The van der Waals surface area contributed by atoms with Gasteiger partial charge in [0.1, 0.15) is 11.5 Å². The average Bonchev–Trinajstić information content (AvgIpc) is 3.25. The third-order valence-electron chi connectivity index (χ3n) is 4.82. The Hall–Kier alpha value is -3.75. The number of pyridine rings is 1. The van der Waals surface area contributed by atoms with Crippen LogP contribution in [0, 0.1) is 5.82 Å². The van der Waals surface area contributed by atoms with E-state index in [9.17, 15) is 18.8 Å². The Morgan fingerprint density at radius 3 is 2.74 bits per heavy atom. The van der Waals surface area contributed by atoms with Gasteiger partial charge < -0.3 is 14.6 Å². The van der Waals surface area contributed by atoms with Gasteiger partial charge in [-0.25, -0.2) is 14.2 Å². The summed E-state index contributed by atoms with van der Waals surface area (Å²) in [5, 5.41) is 4.44. The SMILES string of the molecule is O=C1NC(=O)C2(N1)C(=O)N(Cc1cn3ccccc3n1)c1ccc(F)cc12. The number of urea groups is 1. The number of anilines is 1. The van der Waals surface area contributed by atoms with Crippen molar-refractivity contribution in [1.29, 1.82) is 0 Å². The minimum atomic E-state index is -1.95. The van der Waals surface area contributed by atoms with Crippen LogP contribution in [0.15, 0.2) is 48.8 Å². The standard InChI is InChI=1S/C18H12FN5O3/c19-10-4-5-13-12(7-10)18(15(25)21-17(27)22-18)16(26)24(13)9-11-8-23-6-2-1-3-14(23)20-11/h1-8H,9H2,(H2,21,22,25,27). The van der Waals surface area contributed by atoms with Gasteiger partial charge in [-0.3, -0.25) is 14.9 Å². The lowest BCUT2D eigenvalue weighted by molar-refractivity contribution is -0.134. The number of imide groups is 1. The van der Waals surface area contributed by atoms with E-state index < -0.39 is 29.2 Å². The molecule has 0 bridgehead atoms. The van der Waals surface area contributed by atoms with Gasteiger partial charge in [-0.1, -0.05) is 6.07 Å². The van der Waals surface area contributed by atoms with Crippen molar-refractivity contribution in [3.63, 3.8) is 0 Å². The maximum Gasteiger partial charge on any atom is 0.323 e. The molecule has 1 unspecified atom stereocenters. The number of benzene rings is 1. The maximum atomic E-state index is 13.9. The number of halogens is 1. The van der Waals surface area contributed by atoms with Crippen LogP contribution in [0.1, 0.15) is 11.3 Å². The molecule has 2 aromatic heterocycles. The van der Waals surface area contributed by atoms with Crippen LogP contribution in [0.2, 0.25) is 0 Å². The van der Waals surface area contributed by atoms with Gasteiger partial charge in [-0.2, -0.15) is 0 Å². The first-order chi connectivity index (χ1) is 13.0. The van der Waals surface area contributed by atoms with E-state index in [0.29, 0.717) is 17.0 Å². The summed E-state index contributed by atoms with van der Waals surface area (Å²) in [6, 6.07) is 8.45. The molecule has 1 saturated heterocycles. The lowest BCUT2D eigenvalue weighted by Gasteiger charge is -2.20. The molecule has 1 spiro atoms. The Kier molecular flexibility index (Phi) is 2.95. The molecule has 8 nitrogen and oxygen atoms in total. The fourth-order valence-electron chi connectivity index (χ4n) is 3.65. The van der Waals surface area contributed by atoms with Gasteiger partial charge in [0.15, 0.2) is 0 Å². The van der Waals surface area contributed by atoms with E-state index in [1.54, 1.807) is 10.6 Å². The normalized spacial score (nSPS) is 21.1. The van der Waals surface area contributed by atoms with Crippen LogP contribution in [0.25, 0.3) is 5.65 Å². The number of hydrogen-bond acceptors (Lipinski definition) is 4. The third-order valence-corrected chi connectivity index (χ3v) is 4.82. The molecule has 3 aromatic rings. The molecule has 4 amide bonds. The van der Waals surface area contributed by atoms with Crippen LogP contribution in [0.5, 0.6) is 0 Å². The van der Waals surface area contributed by atoms with Crippen molar-refractivity contribution >= 4 is 29.2 Å². The molecular weight excluding hydrogens is 353 g/mol. The maximum absolute atomic E-state index is 13.9. The molecule has 0 aliphatic carbocycles. The highest BCUT2D eigenvalue weighted by Gasteiger charge is 2.61. The monoisotopic (exact) mass is 365 g/mol. The Morgan fingerprint density at radius 2 is 2.00 bits per heavy atom. The first-order valence-corrected chi connectivity index (χ1v) is 8.17. The lowest BCUT2D eigenvalue weighted by Crippen LogP contribution is -2.52. The summed E-state index contributed by atoms with van der Waals surface area (Å²) in [4.78, 5) is 43.1. The number of fused-ring (bicyclic) bond motifs is 3. The van der Waals surface area contributed by atoms with Crippen LogP contribution >= 0.6 is 0 Å². The van der Waals surface area contributed by atoms with Crippen molar-refractivity contribution in [1.82, 2.24) is 20.0 Å². The van der Waals surface area contributed by atoms with Crippen molar-refractivity contribution in [2.24, 2.45) is 0 Å². The van der Waals surface area contributed by atoms with E-state index in [-0.39, 0.29) is 12.1 Å². The highest BCUT2D eigenvalue weighted by atomic mass is 19.1. The number of nitrogens with zero attached hydrogens (tertiary/aromatic N) is 3. The van der Waals surface area contributed by atoms with Crippen LogP contribution in [-0.2, 0) is 21.7 Å². The molecule has 27 heavy (non-hydrogen) atoms. The number of imidazole rings is 1. The second-order valence-corrected chi connectivity index (χ2v) is 6.41. The number of carbonyl (C=O) groups excluding carboxylic acids is 3. The van der Waals surface area contributed by atoms with Crippen LogP contribution in [0.4, 0.5) is 14.9 Å². The highest BCUT2D eigenvalue weighted by Crippen LogP contribution is 2.43. The Labute approximate surface area is 151 Å². The molecule has 2 aliphatic heterocycles. The molecule has 1 aromatic carbocycles. The summed E-state index contributed by atoms with van der Waals surface area (Å²) in [5.74, 6) is -2.07. The minimum absolute atomic E-state index is 0.0735. The average molecular weight is 365 g/mol. The highest BCUT2D eigenvalue weighted by molar-refractivity contribution is 6.27. The van der Waals surface area contributed by atoms with E-state index >= 15 is 0 Å². The first kappa shape index (κ1) is 15.5. The third kappa shape index (κ3) is 2.02. The van der Waals surface area contributed by atoms with E-state index in [0.717, 1.165) is 6.07 Å². The molecule has 1 atom stereocenters. The van der Waals surface area contributed by atoms with E-state index in [4.69, 9.17) is 0 Å². The lowest BCUT2D eigenvalue weighted by atomic mass is 9.91. The summed E-state index contributed by atoms with van der Waals surface area (Å²) < 4.78 is 15.7. The fourth-order valence-corrected chi connectivity index (χ4v) is 3.65. The quantitative estimate of drug-likeness (QED) is 0.524. The van der Waals surface area contributed by atoms with Crippen LogP contribution in [-0.4, -0.2) is 27.2 Å². The van der Waals surface area contributed by atoms with E-state index in [1.165, 1.54) is 17.0 Å². The molecule has 5 rings (SSSR count). The molecule has 2 aliphatic rings. The number of carbonyl (C=O) groups is 3. The molecule has 2 N–H and O–H groups in total. The van der Waals surface area contributed by atoms with Crippen LogP contribution < -0.4 is 15.5 Å². The van der Waals surface area contributed by atoms with Crippen molar-refractivity contribution in [3.8, 4) is 0 Å². The summed E-state index contributed by atoms with van der Waals surface area (Å²) in [5.41, 5.74) is -0.185. The molecule has 1 fully saturated rings. The molecular formula is C18H12FN5O3. The molecule has 9 heteroatoms. The number of nitrogens with one attached hydrogen (secondary N) is 2. The van der Waals surface area contributed by atoms with Crippen molar-refractivity contribution in [2.45, 2.75) is 12.1 Å². The Morgan fingerprint density at radius 1 is 1.15 bits per heavy atom. The zero-order valence-corrected chi connectivity index (χ0v) is 13.8. The number of aromatic nitrogens is 2. The number of rotatable bonds is 2. The topological polar surface area (TPSA) is 95.8 Å². The van der Waals surface area contributed by atoms with Crippen molar-refractivity contribution in [2.75, 3.05) is 4.90 Å². The van der Waals surface area contributed by atoms with Gasteiger partial charge in [0.05, 0.1) is 17.9 Å². The summed E-state index contributed by atoms with van der Waals surface area (Å²) >= 11 is 0. The first-order valence-electron chi connectivity index (χ1n) is 8.17. The van der Waals surface area contributed by atoms with E-state index in [2.05, 4.69) is 15.6 Å². The van der Waals surface area contributed by atoms with Gasteiger partial charge >= 0.3 is 6.03 Å². The van der Waals surface area contributed by atoms with Gasteiger partial charge in [0.2, 0.25) is 5.54 Å². The summed E-state index contributed by atoms with van der Waals surface area (Å²) in [6.45, 7) is 0.0735. The zero-order valence-electron chi connectivity index (χ0n) is 13.8. The molecule has 0 saturated carbocycles. The predicted octanol–water partition coefficient (Wildman–Crippen LogP) is 1.05. The fraction of sp³-hybridized carbons (Fsp3) is 0.111. The van der Waals surface area contributed by atoms with Gasteiger partial charge in [-0.05, 0) is 30.3 Å². The van der Waals surface area contributed by atoms with Crippen LogP contribution in [0.3, 0.4) is 0 Å². The summed E-state index contributed by atoms with van der Waals surface area (Å²) in [6.07, 6.45) is 3.59. The van der Waals surface area contributed by atoms with Gasteiger partial charge in [0.25, 0.3) is 11.8 Å². The Balaban J connectivity index is 1.62. The molecule has 0 radical (unpaired) electrons. The predicted molar refractivity (Wildman–Crippen MR) is 91.1 cm³/mol. The second-order valence-electron chi connectivity index (χ2n) is 6.41. The summed E-state index contributed by atoms with van der Waals surface area (Å²) in [7, 11) is 0. The van der Waals surface area contributed by atoms with E-state index in [1.807, 2.05) is 24.4 Å². The van der Waals surface area contributed by atoms with Crippen molar-refractivity contribution in [3.05, 3.63) is 65.9 Å². The zero-order chi connectivity index (χ0) is 18.8.